The average molecular weight is 322 g/mol. The first kappa shape index (κ1) is 15.5. The summed E-state index contributed by atoms with van der Waals surface area (Å²) in [5.74, 6) is -1.95. The Bertz CT molecular complexity index is 725. The second-order valence-electron chi connectivity index (χ2n) is 5.87. The number of aromatic nitrogens is 1. The molecule has 124 valence electrons. The van der Waals surface area contributed by atoms with Crippen LogP contribution in [0.1, 0.15) is 40.1 Å². The number of aliphatic hydroxyl groups is 1. The van der Waals surface area contributed by atoms with Gasteiger partial charge in [-0.25, -0.2) is 4.79 Å². The van der Waals surface area contributed by atoms with Crippen LogP contribution in [0.25, 0.3) is 0 Å². The summed E-state index contributed by atoms with van der Waals surface area (Å²) in [6, 6.07) is -0.0646. The molecule has 1 aliphatic carbocycles. The number of carbonyl (C=O) groups excluding carboxylic acids is 1. The zero-order valence-electron chi connectivity index (χ0n) is 12.7. The van der Waals surface area contributed by atoms with Crippen molar-refractivity contribution in [3.05, 3.63) is 27.7 Å². The zero-order chi connectivity index (χ0) is 16.7. The Morgan fingerprint density at radius 2 is 2.04 bits per heavy atom. The number of methoxy groups -OCH3 is 1. The Labute approximate surface area is 131 Å². The van der Waals surface area contributed by atoms with E-state index in [1.165, 1.54) is 17.9 Å². The molecule has 8 nitrogen and oxygen atoms in total. The van der Waals surface area contributed by atoms with E-state index in [9.17, 15) is 19.5 Å². The van der Waals surface area contributed by atoms with Crippen LogP contribution in [-0.2, 0) is 6.54 Å². The van der Waals surface area contributed by atoms with Crippen LogP contribution in [0.4, 0.5) is 0 Å². The number of amides is 1. The maximum absolute atomic E-state index is 12.8. The average Bonchev–Trinajstić information content (AvgIpc) is 2.93. The van der Waals surface area contributed by atoms with E-state index >= 15 is 0 Å². The molecule has 1 amide bonds. The monoisotopic (exact) mass is 322 g/mol. The minimum absolute atomic E-state index is 0.0646. The summed E-state index contributed by atoms with van der Waals surface area (Å²) in [6.07, 6.45) is 2.67. The smallest absolute Gasteiger partial charge is 0.341 e. The predicted molar refractivity (Wildman–Crippen MR) is 78.9 cm³/mol. The maximum atomic E-state index is 12.8. The number of hydrogen-bond acceptors (Lipinski definition) is 5. The van der Waals surface area contributed by atoms with Crippen LogP contribution in [0.2, 0.25) is 0 Å². The van der Waals surface area contributed by atoms with Crippen LogP contribution in [0.3, 0.4) is 0 Å². The molecule has 0 saturated heterocycles. The van der Waals surface area contributed by atoms with E-state index < -0.39 is 23.1 Å². The summed E-state index contributed by atoms with van der Waals surface area (Å²) in [4.78, 5) is 37.8. The zero-order valence-corrected chi connectivity index (χ0v) is 12.7. The number of aromatic carboxylic acids is 1. The highest BCUT2D eigenvalue weighted by Crippen LogP contribution is 2.29. The highest BCUT2D eigenvalue weighted by Gasteiger charge is 2.37. The molecule has 23 heavy (non-hydrogen) atoms. The molecule has 0 bridgehead atoms. The Morgan fingerprint density at radius 3 is 2.61 bits per heavy atom. The third-order valence-electron chi connectivity index (χ3n) is 4.54. The second kappa shape index (κ2) is 5.69. The van der Waals surface area contributed by atoms with E-state index in [4.69, 9.17) is 9.84 Å². The molecular weight excluding hydrogens is 304 g/mol. The van der Waals surface area contributed by atoms with Gasteiger partial charge in [0.25, 0.3) is 5.91 Å². The van der Waals surface area contributed by atoms with Gasteiger partial charge in [-0.15, -0.1) is 0 Å². The topological polar surface area (TPSA) is 109 Å². The Hall–Kier alpha value is -2.35. The molecule has 1 saturated carbocycles. The van der Waals surface area contributed by atoms with Crippen molar-refractivity contribution in [2.45, 2.75) is 38.0 Å². The Kier molecular flexibility index (Phi) is 3.85. The quantitative estimate of drug-likeness (QED) is 0.806. The fraction of sp³-hybridized carbons (Fsp3) is 0.533. The standard InChI is InChI=1S/C15H18N2O6/c1-23-13-11-14(20)17(8-2-3-9(18)6-8)5-4-16(11)7-10(12(13)19)15(21)22/h7-9,18H,2-6H2,1H3,(H,21,22). The number of fused-ring (bicyclic) bond motifs is 1. The molecule has 1 aromatic heterocycles. The van der Waals surface area contributed by atoms with Gasteiger partial charge in [-0.3, -0.25) is 9.59 Å². The largest absolute Gasteiger partial charge is 0.491 e. The van der Waals surface area contributed by atoms with Crippen molar-refractivity contribution in [3.8, 4) is 5.75 Å². The van der Waals surface area contributed by atoms with Crippen molar-refractivity contribution in [2.75, 3.05) is 13.7 Å². The fourth-order valence-corrected chi connectivity index (χ4v) is 3.40. The molecular formula is C15H18N2O6. The number of hydrogen-bond donors (Lipinski definition) is 2. The predicted octanol–water partition coefficient (Wildman–Crippen LogP) is -0.0757. The molecule has 8 heteroatoms. The van der Waals surface area contributed by atoms with E-state index in [0.29, 0.717) is 32.4 Å². The fourth-order valence-electron chi connectivity index (χ4n) is 3.40. The lowest BCUT2D eigenvalue weighted by Gasteiger charge is -2.35. The van der Waals surface area contributed by atoms with Crippen molar-refractivity contribution < 1.29 is 24.5 Å². The van der Waals surface area contributed by atoms with Gasteiger partial charge in [-0.2, -0.15) is 0 Å². The first-order valence-electron chi connectivity index (χ1n) is 7.47. The molecule has 0 radical (unpaired) electrons. The SMILES string of the molecule is COc1c2n(cc(C(=O)O)c1=O)CCN(C1CCC(O)C1)C2=O. The molecule has 1 aliphatic heterocycles. The minimum atomic E-state index is -1.35. The van der Waals surface area contributed by atoms with Crippen molar-refractivity contribution in [2.24, 2.45) is 0 Å². The summed E-state index contributed by atoms with van der Waals surface area (Å²) >= 11 is 0. The number of nitrogens with zero attached hydrogens (tertiary/aromatic N) is 2. The van der Waals surface area contributed by atoms with E-state index in [1.807, 2.05) is 0 Å². The number of carboxylic acids is 1. The number of aliphatic hydroxyl groups excluding tert-OH is 1. The first-order chi connectivity index (χ1) is 10.9. The summed E-state index contributed by atoms with van der Waals surface area (Å²) in [6.45, 7) is 0.791. The van der Waals surface area contributed by atoms with Gasteiger partial charge in [0.2, 0.25) is 5.43 Å². The summed E-state index contributed by atoms with van der Waals surface area (Å²) in [5.41, 5.74) is -1.13. The van der Waals surface area contributed by atoms with Gasteiger partial charge in [0.05, 0.1) is 13.2 Å². The van der Waals surface area contributed by atoms with Crippen LogP contribution in [0.15, 0.2) is 11.0 Å². The molecule has 0 spiro atoms. The molecule has 2 aliphatic rings. The van der Waals surface area contributed by atoms with Crippen LogP contribution in [0, 0.1) is 0 Å². The van der Waals surface area contributed by atoms with Crippen molar-refractivity contribution in [1.82, 2.24) is 9.47 Å². The Balaban J connectivity index is 2.05. The van der Waals surface area contributed by atoms with E-state index in [2.05, 4.69) is 0 Å². The summed E-state index contributed by atoms with van der Waals surface area (Å²) in [7, 11) is 1.24. The van der Waals surface area contributed by atoms with Gasteiger partial charge in [-0.05, 0) is 19.3 Å². The van der Waals surface area contributed by atoms with Crippen molar-refractivity contribution in [3.63, 3.8) is 0 Å². The number of carbonyl (C=O) groups is 2. The molecule has 0 aromatic carbocycles. The summed E-state index contributed by atoms with van der Waals surface area (Å²) < 4.78 is 6.51. The van der Waals surface area contributed by atoms with Gasteiger partial charge < -0.3 is 24.4 Å². The highest BCUT2D eigenvalue weighted by molar-refractivity contribution is 5.97. The molecule has 2 heterocycles. The third-order valence-corrected chi connectivity index (χ3v) is 4.54. The normalized spacial score (nSPS) is 23.7. The lowest BCUT2D eigenvalue weighted by Crippen LogP contribution is -2.47. The van der Waals surface area contributed by atoms with Crippen molar-refractivity contribution >= 4 is 11.9 Å². The molecule has 3 rings (SSSR count). The molecule has 2 atom stereocenters. The molecule has 2 unspecified atom stereocenters. The van der Waals surface area contributed by atoms with Gasteiger partial charge >= 0.3 is 5.97 Å². The number of rotatable bonds is 3. The summed E-state index contributed by atoms with van der Waals surface area (Å²) in [5, 5.41) is 18.8. The lowest BCUT2D eigenvalue weighted by molar-refractivity contribution is 0.0590. The van der Waals surface area contributed by atoms with Gasteiger partial charge in [0.1, 0.15) is 5.56 Å². The minimum Gasteiger partial charge on any atom is -0.491 e. The van der Waals surface area contributed by atoms with E-state index in [-0.39, 0.29) is 23.4 Å². The third kappa shape index (κ3) is 2.48. The number of ether oxygens (including phenoxy) is 1. The van der Waals surface area contributed by atoms with E-state index in [1.54, 1.807) is 4.90 Å². The molecule has 1 aromatic rings. The van der Waals surface area contributed by atoms with Gasteiger partial charge in [0.15, 0.2) is 11.4 Å². The Morgan fingerprint density at radius 1 is 1.30 bits per heavy atom. The van der Waals surface area contributed by atoms with Crippen molar-refractivity contribution in [1.29, 1.82) is 0 Å². The first-order valence-corrected chi connectivity index (χ1v) is 7.47. The van der Waals surface area contributed by atoms with Gasteiger partial charge in [0, 0.05) is 25.3 Å². The second-order valence-corrected chi connectivity index (χ2v) is 5.87. The molecule has 2 N–H and O–H groups in total. The number of pyridine rings is 1. The highest BCUT2D eigenvalue weighted by atomic mass is 16.5. The van der Waals surface area contributed by atoms with Crippen LogP contribution < -0.4 is 10.2 Å². The van der Waals surface area contributed by atoms with Crippen LogP contribution in [-0.4, -0.2) is 57.4 Å². The van der Waals surface area contributed by atoms with Gasteiger partial charge in [-0.1, -0.05) is 0 Å². The number of carboxylic acid groups (broad SMARTS) is 1. The van der Waals surface area contributed by atoms with E-state index in [0.717, 1.165) is 0 Å². The molecule has 1 fully saturated rings. The van der Waals surface area contributed by atoms with Crippen LogP contribution >= 0.6 is 0 Å². The lowest BCUT2D eigenvalue weighted by atomic mass is 10.1. The maximum Gasteiger partial charge on any atom is 0.341 e. The van der Waals surface area contributed by atoms with Crippen LogP contribution in [0.5, 0.6) is 5.75 Å².